The lowest BCUT2D eigenvalue weighted by molar-refractivity contribution is -0.169. The van der Waals surface area contributed by atoms with Crippen LogP contribution in [0.3, 0.4) is 0 Å². The zero-order valence-corrected chi connectivity index (χ0v) is 14.2. The first kappa shape index (κ1) is 15.5. The van der Waals surface area contributed by atoms with Crippen molar-refractivity contribution in [3.8, 4) is 11.4 Å². The molecule has 22 heavy (non-hydrogen) atoms. The van der Waals surface area contributed by atoms with Crippen LogP contribution in [0, 0.1) is 6.92 Å². The predicted molar refractivity (Wildman–Crippen MR) is 82.8 cm³/mol. The maximum Gasteiger partial charge on any atom is 0.158 e. The van der Waals surface area contributed by atoms with Crippen molar-refractivity contribution in [1.29, 1.82) is 0 Å². The smallest absolute Gasteiger partial charge is 0.158 e. The minimum Gasteiger partial charge on any atom is -0.353 e. The van der Waals surface area contributed by atoms with Crippen molar-refractivity contribution in [2.24, 2.45) is 7.05 Å². The number of hydrogen-bond donors (Lipinski definition) is 0. The minimum atomic E-state index is -0.144. The molecule has 3 rings (SSSR count). The molecule has 1 atom stereocenters. The molecule has 1 aliphatic rings. The Morgan fingerprint density at radius 2 is 2.32 bits per heavy atom. The van der Waals surface area contributed by atoms with Gasteiger partial charge in [0.25, 0.3) is 0 Å². The molecule has 0 amide bonds. The van der Waals surface area contributed by atoms with Gasteiger partial charge in [-0.25, -0.2) is 14.6 Å². The lowest BCUT2D eigenvalue weighted by Crippen LogP contribution is -2.22. The molecule has 8 heteroatoms. The van der Waals surface area contributed by atoms with Crippen LogP contribution in [0.2, 0.25) is 0 Å². The van der Waals surface area contributed by atoms with Crippen molar-refractivity contribution in [3.05, 3.63) is 22.2 Å². The second-order valence-electron chi connectivity index (χ2n) is 5.25. The van der Waals surface area contributed by atoms with E-state index in [4.69, 9.17) is 9.47 Å². The van der Waals surface area contributed by atoms with Gasteiger partial charge < -0.3 is 9.47 Å². The lowest BCUT2D eigenvalue weighted by atomic mass is 10.2. The fraction of sp³-hybridized carbons (Fsp3) is 0.571. The van der Waals surface area contributed by atoms with E-state index in [9.17, 15) is 0 Å². The zero-order valence-electron chi connectivity index (χ0n) is 12.6. The van der Waals surface area contributed by atoms with Crippen molar-refractivity contribution in [2.75, 3.05) is 6.61 Å². The monoisotopic (exact) mass is 367 g/mol. The van der Waals surface area contributed by atoms with Crippen LogP contribution in [0.4, 0.5) is 0 Å². The normalized spacial score (nSPS) is 18.6. The average molecular weight is 368 g/mol. The van der Waals surface area contributed by atoms with Gasteiger partial charge in [0.15, 0.2) is 6.29 Å². The van der Waals surface area contributed by atoms with Crippen molar-refractivity contribution < 1.29 is 9.47 Å². The number of aryl methyl sites for hydroxylation is 2. The van der Waals surface area contributed by atoms with Gasteiger partial charge in [-0.15, -0.1) is 5.10 Å². The SMILES string of the molecule is Cc1nc(-c2nnn(C)c2COC2CCCCO2)cnc1Br. The van der Waals surface area contributed by atoms with Gasteiger partial charge in [-0.2, -0.15) is 0 Å². The molecule has 0 N–H and O–H groups in total. The topological polar surface area (TPSA) is 75.0 Å². The van der Waals surface area contributed by atoms with Gasteiger partial charge >= 0.3 is 0 Å². The summed E-state index contributed by atoms with van der Waals surface area (Å²) in [4.78, 5) is 8.77. The Labute approximate surface area is 137 Å². The molecular formula is C14H18BrN5O2. The minimum absolute atomic E-state index is 0.144. The van der Waals surface area contributed by atoms with Crippen molar-refractivity contribution >= 4 is 15.9 Å². The molecule has 0 aromatic carbocycles. The molecule has 1 aliphatic heterocycles. The summed E-state index contributed by atoms with van der Waals surface area (Å²) >= 11 is 3.35. The quantitative estimate of drug-likeness (QED) is 0.825. The fourth-order valence-electron chi connectivity index (χ4n) is 2.33. The third-order valence-electron chi connectivity index (χ3n) is 3.62. The second kappa shape index (κ2) is 6.80. The maximum atomic E-state index is 5.84. The van der Waals surface area contributed by atoms with Gasteiger partial charge in [-0.1, -0.05) is 5.21 Å². The van der Waals surface area contributed by atoms with Crippen LogP contribution in [0.1, 0.15) is 30.7 Å². The van der Waals surface area contributed by atoms with E-state index in [0.29, 0.717) is 18.0 Å². The molecule has 0 saturated carbocycles. The molecule has 1 unspecified atom stereocenters. The van der Waals surface area contributed by atoms with Crippen molar-refractivity contribution in [3.63, 3.8) is 0 Å². The van der Waals surface area contributed by atoms with Crippen LogP contribution in [-0.2, 0) is 23.1 Å². The van der Waals surface area contributed by atoms with Gasteiger partial charge in [-0.3, -0.25) is 0 Å². The Kier molecular flexibility index (Phi) is 4.80. The Morgan fingerprint density at radius 3 is 3.05 bits per heavy atom. The molecule has 0 bridgehead atoms. The Balaban J connectivity index is 1.79. The molecule has 0 aliphatic carbocycles. The van der Waals surface area contributed by atoms with E-state index in [1.165, 1.54) is 0 Å². The van der Waals surface area contributed by atoms with E-state index in [-0.39, 0.29) is 6.29 Å². The number of aromatic nitrogens is 5. The van der Waals surface area contributed by atoms with E-state index in [2.05, 4.69) is 36.2 Å². The number of nitrogens with zero attached hydrogens (tertiary/aromatic N) is 5. The molecule has 2 aromatic heterocycles. The fourth-order valence-corrected chi connectivity index (χ4v) is 2.52. The van der Waals surface area contributed by atoms with Crippen LogP contribution in [-0.4, -0.2) is 37.9 Å². The zero-order chi connectivity index (χ0) is 15.5. The highest BCUT2D eigenvalue weighted by molar-refractivity contribution is 9.10. The molecule has 1 fully saturated rings. The molecular weight excluding hydrogens is 350 g/mol. The molecule has 118 valence electrons. The number of hydrogen-bond acceptors (Lipinski definition) is 6. The summed E-state index contributed by atoms with van der Waals surface area (Å²) in [5, 5.41) is 8.27. The van der Waals surface area contributed by atoms with Crippen LogP contribution in [0.25, 0.3) is 11.4 Å². The highest BCUT2D eigenvalue weighted by Crippen LogP contribution is 2.23. The highest BCUT2D eigenvalue weighted by Gasteiger charge is 2.19. The molecule has 3 heterocycles. The standard InChI is InChI=1S/C14H18BrN5O2/c1-9-14(15)16-7-10(17-9)13-11(20(2)19-18-13)8-22-12-5-3-4-6-21-12/h7,12H,3-6,8H2,1-2H3. The molecule has 1 saturated heterocycles. The molecule has 0 radical (unpaired) electrons. The Morgan fingerprint density at radius 1 is 1.45 bits per heavy atom. The van der Waals surface area contributed by atoms with Crippen molar-refractivity contribution in [2.45, 2.75) is 39.1 Å². The second-order valence-corrected chi connectivity index (χ2v) is 6.00. The van der Waals surface area contributed by atoms with Gasteiger partial charge in [0.2, 0.25) is 0 Å². The van der Waals surface area contributed by atoms with E-state index >= 15 is 0 Å². The van der Waals surface area contributed by atoms with E-state index in [1.807, 2.05) is 14.0 Å². The molecule has 7 nitrogen and oxygen atoms in total. The van der Waals surface area contributed by atoms with Gasteiger partial charge in [-0.05, 0) is 42.1 Å². The lowest BCUT2D eigenvalue weighted by Gasteiger charge is -2.22. The number of halogens is 1. The first-order valence-electron chi connectivity index (χ1n) is 7.26. The van der Waals surface area contributed by atoms with Crippen LogP contribution in [0.15, 0.2) is 10.8 Å². The van der Waals surface area contributed by atoms with E-state index < -0.39 is 0 Å². The largest absolute Gasteiger partial charge is 0.353 e. The Bertz CT molecular complexity index is 655. The van der Waals surface area contributed by atoms with Crippen LogP contribution >= 0.6 is 15.9 Å². The number of rotatable bonds is 4. The summed E-state index contributed by atoms with van der Waals surface area (Å²) in [7, 11) is 1.84. The summed E-state index contributed by atoms with van der Waals surface area (Å²) < 4.78 is 13.9. The predicted octanol–water partition coefficient (Wildman–Crippen LogP) is 2.39. The molecule has 2 aromatic rings. The number of ether oxygens (including phenoxy) is 2. The van der Waals surface area contributed by atoms with Gasteiger partial charge in [0, 0.05) is 13.7 Å². The van der Waals surface area contributed by atoms with Crippen LogP contribution in [0.5, 0.6) is 0 Å². The van der Waals surface area contributed by atoms with Crippen LogP contribution < -0.4 is 0 Å². The maximum absolute atomic E-state index is 5.84. The van der Waals surface area contributed by atoms with Crippen molar-refractivity contribution in [1.82, 2.24) is 25.0 Å². The van der Waals surface area contributed by atoms with E-state index in [0.717, 1.165) is 41.9 Å². The third-order valence-corrected chi connectivity index (χ3v) is 4.39. The average Bonchev–Trinajstić information content (AvgIpc) is 2.90. The Hall–Kier alpha value is -1.38. The van der Waals surface area contributed by atoms with Gasteiger partial charge in [0.05, 0.1) is 24.2 Å². The molecule has 0 spiro atoms. The summed E-state index contributed by atoms with van der Waals surface area (Å²) in [6, 6.07) is 0. The summed E-state index contributed by atoms with van der Waals surface area (Å²) in [5.41, 5.74) is 3.06. The highest BCUT2D eigenvalue weighted by atomic mass is 79.9. The first-order valence-corrected chi connectivity index (χ1v) is 8.05. The third kappa shape index (κ3) is 3.34. The summed E-state index contributed by atoms with van der Waals surface area (Å²) in [5.74, 6) is 0. The van der Waals surface area contributed by atoms with Gasteiger partial charge in [0.1, 0.15) is 16.0 Å². The summed E-state index contributed by atoms with van der Waals surface area (Å²) in [6.07, 6.45) is 4.71. The van der Waals surface area contributed by atoms with E-state index in [1.54, 1.807) is 10.9 Å². The first-order chi connectivity index (χ1) is 10.6. The summed E-state index contributed by atoms with van der Waals surface area (Å²) in [6.45, 7) is 3.04.